The number of hydrogen-bond donors (Lipinski definition) is 1. The largest absolute Gasteiger partial charge is 0.487 e. The summed E-state index contributed by atoms with van der Waals surface area (Å²) in [5.41, 5.74) is 3.31. The van der Waals surface area contributed by atoms with Gasteiger partial charge in [0, 0.05) is 12.6 Å². The molecule has 2 aromatic rings. The van der Waals surface area contributed by atoms with E-state index in [0.29, 0.717) is 19.8 Å². The first-order valence-corrected chi connectivity index (χ1v) is 7.85. The summed E-state index contributed by atoms with van der Waals surface area (Å²) in [5, 5.41) is 9.49. The molecule has 0 radical (unpaired) electrons. The molecule has 0 unspecified atom stereocenters. The smallest absolute Gasteiger partial charge is 0.140 e. The highest BCUT2D eigenvalue weighted by molar-refractivity contribution is 5.49. The monoisotopic (exact) mass is 314 g/mol. The normalized spacial score (nSPS) is 18.0. The average molecular weight is 314 g/mol. The average Bonchev–Trinajstić information content (AvgIpc) is 2.61. The molecule has 122 valence electrons. The number of hydrogen-bond acceptors (Lipinski definition) is 5. The predicted molar refractivity (Wildman–Crippen MR) is 88.8 cm³/mol. The Morgan fingerprint density at radius 3 is 2.91 bits per heavy atom. The van der Waals surface area contributed by atoms with Gasteiger partial charge in [-0.1, -0.05) is 29.8 Å². The van der Waals surface area contributed by atoms with Crippen molar-refractivity contribution in [2.45, 2.75) is 19.6 Å². The van der Waals surface area contributed by atoms with E-state index in [0.717, 1.165) is 23.5 Å². The minimum absolute atomic E-state index is 0.0297. The lowest BCUT2D eigenvalue weighted by atomic mass is 10.2. The van der Waals surface area contributed by atoms with Crippen molar-refractivity contribution in [3.8, 4) is 5.75 Å². The summed E-state index contributed by atoms with van der Waals surface area (Å²) in [7, 11) is 0. The number of morpholine rings is 1. The molecule has 2 heterocycles. The third kappa shape index (κ3) is 4.00. The number of aliphatic hydroxyl groups is 1. The van der Waals surface area contributed by atoms with Crippen LogP contribution in [0.3, 0.4) is 0 Å². The summed E-state index contributed by atoms with van der Waals surface area (Å²) in [5.74, 6) is 0.728. The number of nitrogens with zero attached hydrogens (tertiary/aromatic N) is 2. The predicted octanol–water partition coefficient (Wildman–Crippen LogP) is 2.17. The van der Waals surface area contributed by atoms with Crippen LogP contribution in [0.5, 0.6) is 5.75 Å². The van der Waals surface area contributed by atoms with Crippen molar-refractivity contribution in [2.75, 3.05) is 31.3 Å². The Balaban J connectivity index is 1.68. The maximum Gasteiger partial charge on any atom is 0.140 e. The molecule has 5 nitrogen and oxygen atoms in total. The molecule has 23 heavy (non-hydrogen) atoms. The van der Waals surface area contributed by atoms with Gasteiger partial charge in [-0.3, -0.25) is 4.98 Å². The van der Waals surface area contributed by atoms with Crippen molar-refractivity contribution in [1.29, 1.82) is 0 Å². The standard InChI is InChI=1S/C18H22N2O3/c1-14-2-4-15(5-3-14)12-23-18-8-16(9-19-10-18)20-6-7-22-13-17(20)11-21/h2-5,8-10,17,21H,6-7,11-13H2,1H3/t17-/m1/s1. The second-order valence-corrected chi connectivity index (χ2v) is 5.76. The number of aryl methyl sites for hydroxylation is 1. The Morgan fingerprint density at radius 1 is 1.30 bits per heavy atom. The molecule has 1 atom stereocenters. The van der Waals surface area contributed by atoms with Crippen molar-refractivity contribution in [3.63, 3.8) is 0 Å². The van der Waals surface area contributed by atoms with E-state index in [2.05, 4.69) is 41.1 Å². The second kappa shape index (κ2) is 7.44. The minimum Gasteiger partial charge on any atom is -0.487 e. The van der Waals surface area contributed by atoms with E-state index in [1.54, 1.807) is 12.4 Å². The van der Waals surface area contributed by atoms with E-state index in [1.165, 1.54) is 5.56 Å². The summed E-state index contributed by atoms with van der Waals surface area (Å²) in [6.07, 6.45) is 3.51. The van der Waals surface area contributed by atoms with Crippen LogP contribution in [0.25, 0.3) is 0 Å². The first-order valence-electron chi connectivity index (χ1n) is 7.85. The molecule has 1 aliphatic rings. The Bertz CT molecular complexity index is 630. The zero-order valence-corrected chi connectivity index (χ0v) is 13.3. The molecular weight excluding hydrogens is 292 g/mol. The highest BCUT2D eigenvalue weighted by atomic mass is 16.5. The third-order valence-corrected chi connectivity index (χ3v) is 3.99. The van der Waals surface area contributed by atoms with Crippen LogP contribution in [-0.2, 0) is 11.3 Å². The van der Waals surface area contributed by atoms with Crippen LogP contribution in [0.1, 0.15) is 11.1 Å². The lowest BCUT2D eigenvalue weighted by molar-refractivity contribution is 0.0726. The number of ether oxygens (including phenoxy) is 2. The van der Waals surface area contributed by atoms with Crippen LogP contribution in [0.15, 0.2) is 42.7 Å². The Hall–Kier alpha value is -2.11. The minimum atomic E-state index is -0.0297. The summed E-state index contributed by atoms with van der Waals surface area (Å²) >= 11 is 0. The number of benzene rings is 1. The van der Waals surface area contributed by atoms with Gasteiger partial charge in [-0.05, 0) is 12.5 Å². The molecule has 1 saturated heterocycles. The number of pyridine rings is 1. The van der Waals surface area contributed by atoms with E-state index in [4.69, 9.17) is 9.47 Å². The Labute approximate surface area is 136 Å². The number of aromatic nitrogens is 1. The van der Waals surface area contributed by atoms with Crippen LogP contribution >= 0.6 is 0 Å². The molecular formula is C18H22N2O3. The van der Waals surface area contributed by atoms with Crippen molar-refractivity contribution in [2.24, 2.45) is 0 Å². The fourth-order valence-electron chi connectivity index (χ4n) is 2.64. The van der Waals surface area contributed by atoms with Crippen molar-refractivity contribution in [1.82, 2.24) is 4.98 Å². The van der Waals surface area contributed by atoms with Gasteiger partial charge < -0.3 is 19.5 Å². The van der Waals surface area contributed by atoms with E-state index >= 15 is 0 Å². The summed E-state index contributed by atoms with van der Waals surface area (Å²) in [4.78, 5) is 6.39. The van der Waals surface area contributed by atoms with Crippen LogP contribution in [-0.4, -0.2) is 42.5 Å². The van der Waals surface area contributed by atoms with Gasteiger partial charge in [-0.15, -0.1) is 0 Å². The first-order chi connectivity index (χ1) is 11.3. The topological polar surface area (TPSA) is 54.8 Å². The van der Waals surface area contributed by atoms with Gasteiger partial charge >= 0.3 is 0 Å². The summed E-state index contributed by atoms with van der Waals surface area (Å²) in [6.45, 7) is 4.58. The van der Waals surface area contributed by atoms with Crippen molar-refractivity contribution >= 4 is 5.69 Å². The maximum absolute atomic E-state index is 9.49. The van der Waals surface area contributed by atoms with E-state index in [-0.39, 0.29) is 12.6 Å². The molecule has 0 aliphatic carbocycles. The molecule has 3 rings (SSSR count). The number of anilines is 1. The van der Waals surface area contributed by atoms with Crippen molar-refractivity contribution in [3.05, 3.63) is 53.9 Å². The molecule has 0 spiro atoms. The zero-order chi connectivity index (χ0) is 16.1. The Kier molecular flexibility index (Phi) is 5.10. The maximum atomic E-state index is 9.49. The molecule has 0 amide bonds. The highest BCUT2D eigenvalue weighted by Crippen LogP contribution is 2.23. The first kappa shape index (κ1) is 15.8. The second-order valence-electron chi connectivity index (χ2n) is 5.76. The lowest BCUT2D eigenvalue weighted by Crippen LogP contribution is -2.47. The highest BCUT2D eigenvalue weighted by Gasteiger charge is 2.23. The summed E-state index contributed by atoms with van der Waals surface area (Å²) < 4.78 is 11.3. The molecule has 1 aliphatic heterocycles. The lowest BCUT2D eigenvalue weighted by Gasteiger charge is -2.36. The molecule has 1 fully saturated rings. The molecule has 1 aromatic heterocycles. The fourth-order valence-corrected chi connectivity index (χ4v) is 2.64. The van der Waals surface area contributed by atoms with E-state index < -0.39 is 0 Å². The van der Waals surface area contributed by atoms with E-state index in [1.807, 2.05) is 6.07 Å². The van der Waals surface area contributed by atoms with Gasteiger partial charge in [0.15, 0.2) is 0 Å². The zero-order valence-electron chi connectivity index (χ0n) is 13.3. The quantitative estimate of drug-likeness (QED) is 0.916. The fraction of sp³-hybridized carbons (Fsp3) is 0.389. The summed E-state index contributed by atoms with van der Waals surface area (Å²) in [6, 6.07) is 10.2. The van der Waals surface area contributed by atoms with Gasteiger partial charge in [-0.2, -0.15) is 0 Å². The van der Waals surface area contributed by atoms with Gasteiger partial charge in [0.1, 0.15) is 12.4 Å². The molecule has 1 N–H and O–H groups in total. The third-order valence-electron chi connectivity index (χ3n) is 3.99. The SMILES string of the molecule is Cc1ccc(COc2cncc(N3CCOC[C@H]3CO)c2)cc1. The molecule has 0 bridgehead atoms. The van der Waals surface area contributed by atoms with Crippen molar-refractivity contribution < 1.29 is 14.6 Å². The molecule has 1 aromatic carbocycles. The number of aliphatic hydroxyl groups excluding tert-OH is 1. The van der Waals surface area contributed by atoms with Crippen LogP contribution in [0.4, 0.5) is 5.69 Å². The molecule has 0 saturated carbocycles. The van der Waals surface area contributed by atoms with Gasteiger partial charge in [-0.25, -0.2) is 0 Å². The molecule has 5 heteroatoms. The van der Waals surface area contributed by atoms with Gasteiger partial charge in [0.25, 0.3) is 0 Å². The Morgan fingerprint density at radius 2 is 2.13 bits per heavy atom. The van der Waals surface area contributed by atoms with Crippen LogP contribution in [0.2, 0.25) is 0 Å². The van der Waals surface area contributed by atoms with E-state index in [9.17, 15) is 5.11 Å². The van der Waals surface area contributed by atoms with Gasteiger partial charge in [0.05, 0.1) is 43.9 Å². The van der Waals surface area contributed by atoms with Crippen LogP contribution in [0, 0.1) is 6.92 Å². The van der Waals surface area contributed by atoms with Gasteiger partial charge in [0.2, 0.25) is 0 Å². The van der Waals surface area contributed by atoms with Crippen LogP contribution < -0.4 is 9.64 Å². The number of rotatable bonds is 5.